The molecule has 0 unspecified atom stereocenters. The molecule has 0 radical (unpaired) electrons. The molecule has 0 spiro atoms. The number of hydrogen-bond acceptors (Lipinski definition) is 4. The van der Waals surface area contributed by atoms with Gasteiger partial charge in [0, 0.05) is 31.2 Å². The maximum absolute atomic E-state index is 5.57. The molecule has 3 N–H and O–H groups in total. The van der Waals surface area contributed by atoms with Crippen molar-refractivity contribution in [2.75, 3.05) is 26.3 Å². The number of nitrogens with two attached hydrogens (primary N) is 1. The second kappa shape index (κ2) is 9.77. The van der Waals surface area contributed by atoms with Crippen LogP contribution in [-0.2, 0) is 11.3 Å². The number of guanidine groups is 1. The Bertz CT molecular complexity index is 354. The lowest BCUT2D eigenvalue weighted by Crippen LogP contribution is -2.44. The normalized spacial score (nSPS) is 11.6. The first kappa shape index (κ1) is 15.9. The summed E-state index contributed by atoms with van der Waals surface area (Å²) in [6.07, 6.45) is 0.912. The third-order valence-electron chi connectivity index (χ3n) is 2.65. The molecule has 0 saturated heterocycles. The van der Waals surface area contributed by atoms with E-state index in [0.717, 1.165) is 45.2 Å². The Kier molecular flexibility index (Phi) is 8.20. The molecule has 108 valence electrons. The Balaban J connectivity index is 2.47. The molecule has 0 bridgehead atoms. The van der Waals surface area contributed by atoms with E-state index in [0.29, 0.717) is 0 Å². The van der Waals surface area contributed by atoms with Crippen LogP contribution in [0.5, 0.6) is 0 Å². The number of nitrogens with zero attached hydrogens (tertiary/aromatic N) is 2. The van der Waals surface area contributed by atoms with Gasteiger partial charge in [0.1, 0.15) is 0 Å². The van der Waals surface area contributed by atoms with Crippen molar-refractivity contribution >= 4 is 17.3 Å². The van der Waals surface area contributed by atoms with Crippen LogP contribution in [0.25, 0.3) is 0 Å². The first-order valence-electron chi connectivity index (χ1n) is 6.67. The number of aliphatic imine (C=N–C) groups is 1. The van der Waals surface area contributed by atoms with E-state index >= 15 is 0 Å². The largest absolute Gasteiger partial charge is 0.382 e. The summed E-state index contributed by atoms with van der Waals surface area (Å²) in [6.45, 7) is 8.02. The predicted molar refractivity (Wildman–Crippen MR) is 81.1 cm³/mol. The zero-order chi connectivity index (χ0) is 13.9. The van der Waals surface area contributed by atoms with Crippen molar-refractivity contribution in [2.45, 2.75) is 26.8 Å². The molecule has 19 heavy (non-hydrogen) atoms. The molecule has 0 aliphatic carbocycles. The molecule has 0 aliphatic heterocycles. The molecule has 1 heterocycles. The maximum Gasteiger partial charge on any atom is 0.208 e. The summed E-state index contributed by atoms with van der Waals surface area (Å²) >= 11 is 1.74. The minimum absolute atomic E-state index is 0.723. The highest BCUT2D eigenvalue weighted by molar-refractivity contribution is 7.09. The number of rotatable bonds is 8. The van der Waals surface area contributed by atoms with Crippen molar-refractivity contribution in [1.29, 1.82) is 0 Å². The highest BCUT2D eigenvalue weighted by atomic mass is 32.1. The van der Waals surface area contributed by atoms with Crippen molar-refractivity contribution < 1.29 is 4.74 Å². The van der Waals surface area contributed by atoms with Crippen LogP contribution in [0.4, 0.5) is 0 Å². The Morgan fingerprint density at radius 2 is 2.37 bits per heavy atom. The van der Waals surface area contributed by atoms with E-state index in [1.165, 1.54) is 4.88 Å². The first-order valence-corrected chi connectivity index (χ1v) is 7.55. The first-order chi connectivity index (χ1) is 9.31. The fourth-order valence-electron chi connectivity index (χ4n) is 1.66. The lowest BCUT2D eigenvalue weighted by Gasteiger charge is -2.23. The molecular weight excluding hydrogens is 260 g/mol. The number of thiophene rings is 1. The summed E-state index contributed by atoms with van der Waals surface area (Å²) in [7, 11) is 0. The SMILES string of the molecule is CCOCCCN=C(NN)N(CC)Cc1cccs1. The monoisotopic (exact) mass is 284 g/mol. The van der Waals surface area contributed by atoms with Gasteiger partial charge in [-0.05, 0) is 31.7 Å². The predicted octanol–water partition coefficient (Wildman–Crippen LogP) is 1.82. The Morgan fingerprint density at radius 3 is 2.95 bits per heavy atom. The number of ether oxygens (including phenoxy) is 1. The molecule has 1 aromatic heterocycles. The van der Waals surface area contributed by atoms with Gasteiger partial charge in [0.25, 0.3) is 0 Å². The summed E-state index contributed by atoms with van der Waals surface area (Å²) in [4.78, 5) is 7.93. The topological polar surface area (TPSA) is 62.9 Å². The minimum atomic E-state index is 0.723. The van der Waals surface area contributed by atoms with Gasteiger partial charge in [-0.1, -0.05) is 6.07 Å². The van der Waals surface area contributed by atoms with Crippen LogP contribution >= 0.6 is 11.3 Å². The Labute approximate surface area is 119 Å². The van der Waals surface area contributed by atoms with E-state index in [9.17, 15) is 0 Å². The standard InChI is InChI=1S/C13H24N4OS/c1-3-17(11-12-7-5-10-19-12)13(16-14)15-8-6-9-18-4-2/h5,7,10H,3-4,6,8-9,11,14H2,1-2H3,(H,15,16). The molecule has 0 saturated carbocycles. The quantitative estimate of drug-likeness (QED) is 0.251. The van der Waals surface area contributed by atoms with E-state index in [-0.39, 0.29) is 0 Å². The molecule has 0 amide bonds. The van der Waals surface area contributed by atoms with Gasteiger partial charge in [0.05, 0.1) is 6.54 Å². The average Bonchev–Trinajstić information content (AvgIpc) is 2.94. The lowest BCUT2D eigenvalue weighted by molar-refractivity contribution is 0.146. The van der Waals surface area contributed by atoms with Gasteiger partial charge in [-0.15, -0.1) is 11.3 Å². The van der Waals surface area contributed by atoms with E-state index in [1.807, 2.05) is 6.92 Å². The van der Waals surface area contributed by atoms with Crippen LogP contribution in [0.3, 0.4) is 0 Å². The summed E-state index contributed by atoms with van der Waals surface area (Å²) in [6, 6.07) is 4.18. The highest BCUT2D eigenvalue weighted by Gasteiger charge is 2.09. The van der Waals surface area contributed by atoms with Gasteiger partial charge in [0.15, 0.2) is 0 Å². The zero-order valence-corrected chi connectivity index (χ0v) is 12.6. The molecule has 5 nitrogen and oxygen atoms in total. The molecular formula is C13H24N4OS. The van der Waals surface area contributed by atoms with Crippen molar-refractivity contribution in [2.24, 2.45) is 10.8 Å². The molecule has 0 atom stereocenters. The van der Waals surface area contributed by atoms with Crippen LogP contribution in [0.2, 0.25) is 0 Å². The average molecular weight is 284 g/mol. The highest BCUT2D eigenvalue weighted by Crippen LogP contribution is 2.11. The third-order valence-corrected chi connectivity index (χ3v) is 3.51. The molecule has 1 aromatic rings. The van der Waals surface area contributed by atoms with Gasteiger partial charge in [-0.25, -0.2) is 5.84 Å². The van der Waals surface area contributed by atoms with E-state index in [2.05, 4.69) is 39.8 Å². The van der Waals surface area contributed by atoms with Gasteiger partial charge in [-0.2, -0.15) is 0 Å². The van der Waals surface area contributed by atoms with Crippen LogP contribution in [0, 0.1) is 0 Å². The van der Waals surface area contributed by atoms with Crippen LogP contribution < -0.4 is 11.3 Å². The summed E-state index contributed by atoms with van der Waals surface area (Å²) < 4.78 is 5.29. The second-order valence-electron chi connectivity index (χ2n) is 3.99. The Morgan fingerprint density at radius 1 is 1.53 bits per heavy atom. The maximum atomic E-state index is 5.57. The van der Waals surface area contributed by atoms with Crippen LogP contribution in [0.1, 0.15) is 25.1 Å². The fourth-order valence-corrected chi connectivity index (χ4v) is 2.38. The summed E-state index contributed by atoms with van der Waals surface area (Å²) in [5.74, 6) is 6.31. The zero-order valence-electron chi connectivity index (χ0n) is 11.8. The van der Waals surface area contributed by atoms with E-state index < -0.39 is 0 Å². The van der Waals surface area contributed by atoms with Gasteiger partial charge >= 0.3 is 0 Å². The molecule has 0 aromatic carbocycles. The smallest absolute Gasteiger partial charge is 0.208 e. The molecule has 6 heteroatoms. The lowest BCUT2D eigenvalue weighted by atomic mass is 10.4. The van der Waals surface area contributed by atoms with E-state index in [4.69, 9.17) is 10.6 Å². The van der Waals surface area contributed by atoms with Crippen molar-refractivity contribution in [3.63, 3.8) is 0 Å². The van der Waals surface area contributed by atoms with Gasteiger partial charge < -0.3 is 9.64 Å². The number of hydrazine groups is 1. The van der Waals surface area contributed by atoms with Crippen molar-refractivity contribution in [3.05, 3.63) is 22.4 Å². The fraction of sp³-hybridized carbons (Fsp3) is 0.615. The van der Waals surface area contributed by atoms with Crippen molar-refractivity contribution in [1.82, 2.24) is 10.3 Å². The van der Waals surface area contributed by atoms with Crippen LogP contribution in [-0.4, -0.2) is 37.2 Å². The summed E-state index contributed by atoms with van der Waals surface area (Å²) in [5, 5.41) is 2.08. The summed E-state index contributed by atoms with van der Waals surface area (Å²) in [5.41, 5.74) is 2.70. The Hall–Kier alpha value is -1.11. The minimum Gasteiger partial charge on any atom is -0.382 e. The molecule has 0 aliphatic rings. The number of nitrogens with one attached hydrogen (secondary N) is 1. The van der Waals surface area contributed by atoms with Crippen molar-refractivity contribution in [3.8, 4) is 0 Å². The molecule has 0 fully saturated rings. The van der Waals surface area contributed by atoms with E-state index in [1.54, 1.807) is 11.3 Å². The molecule has 1 rings (SSSR count). The third kappa shape index (κ3) is 6.04. The van der Waals surface area contributed by atoms with Gasteiger partial charge in [-0.3, -0.25) is 10.4 Å². The van der Waals surface area contributed by atoms with Gasteiger partial charge in [0.2, 0.25) is 5.96 Å². The van der Waals surface area contributed by atoms with Crippen LogP contribution in [0.15, 0.2) is 22.5 Å². The second-order valence-corrected chi connectivity index (χ2v) is 5.03. The number of hydrogen-bond donors (Lipinski definition) is 2.